The molecular formula is C19H30N2. The van der Waals surface area contributed by atoms with Crippen LogP contribution in [0.4, 0.5) is 0 Å². The van der Waals surface area contributed by atoms with Crippen molar-refractivity contribution in [1.82, 2.24) is 10.2 Å². The van der Waals surface area contributed by atoms with Crippen molar-refractivity contribution in [2.45, 2.75) is 57.5 Å². The van der Waals surface area contributed by atoms with E-state index in [1.165, 1.54) is 57.2 Å². The quantitative estimate of drug-likeness (QED) is 0.889. The Labute approximate surface area is 129 Å². The van der Waals surface area contributed by atoms with Crippen LogP contribution in [-0.4, -0.2) is 31.1 Å². The lowest BCUT2D eigenvalue weighted by Gasteiger charge is -2.44. The Balaban J connectivity index is 1.70. The normalized spacial score (nSPS) is 26.5. The third kappa shape index (κ3) is 3.67. The van der Waals surface area contributed by atoms with E-state index in [1.807, 2.05) is 7.05 Å². The van der Waals surface area contributed by atoms with E-state index in [1.54, 1.807) is 5.56 Å². The highest BCUT2D eigenvalue weighted by molar-refractivity contribution is 5.27. The van der Waals surface area contributed by atoms with Crippen molar-refractivity contribution in [3.8, 4) is 0 Å². The fourth-order valence-corrected chi connectivity index (χ4v) is 4.36. The van der Waals surface area contributed by atoms with Crippen LogP contribution in [0.5, 0.6) is 0 Å². The lowest BCUT2D eigenvalue weighted by atomic mass is 9.78. The summed E-state index contributed by atoms with van der Waals surface area (Å²) in [5.74, 6) is 0.983. The minimum absolute atomic E-state index is 0.866. The Hall–Kier alpha value is -0.860. The zero-order chi connectivity index (χ0) is 14.5. The van der Waals surface area contributed by atoms with Gasteiger partial charge in [-0.2, -0.15) is 0 Å². The van der Waals surface area contributed by atoms with Crippen LogP contribution in [0.2, 0.25) is 0 Å². The van der Waals surface area contributed by atoms with Gasteiger partial charge < -0.3 is 5.32 Å². The smallest absolute Gasteiger partial charge is 0.0239 e. The van der Waals surface area contributed by atoms with E-state index in [2.05, 4.69) is 34.5 Å². The summed E-state index contributed by atoms with van der Waals surface area (Å²) in [6, 6.07) is 9.92. The second-order valence-corrected chi connectivity index (χ2v) is 6.85. The van der Waals surface area contributed by atoms with Gasteiger partial charge in [0.2, 0.25) is 0 Å². The van der Waals surface area contributed by atoms with E-state index in [0.29, 0.717) is 0 Å². The maximum atomic E-state index is 3.28. The summed E-state index contributed by atoms with van der Waals surface area (Å²) >= 11 is 0. The Bertz CT molecular complexity index is 441. The van der Waals surface area contributed by atoms with Crippen molar-refractivity contribution in [3.63, 3.8) is 0 Å². The number of nitrogens with one attached hydrogen (secondary N) is 1. The Morgan fingerprint density at radius 3 is 2.67 bits per heavy atom. The minimum atomic E-state index is 0.866. The SMILES string of the molecule is CNCCc1ccccc1CN1CCCC2CCCCC21. The highest BCUT2D eigenvalue weighted by Crippen LogP contribution is 2.36. The third-order valence-electron chi connectivity index (χ3n) is 5.49. The number of hydrogen-bond acceptors (Lipinski definition) is 2. The highest BCUT2D eigenvalue weighted by atomic mass is 15.2. The van der Waals surface area contributed by atoms with Crippen LogP contribution in [0.25, 0.3) is 0 Å². The predicted octanol–water partition coefficient (Wildman–Crippen LogP) is 3.60. The van der Waals surface area contributed by atoms with E-state index in [-0.39, 0.29) is 0 Å². The number of benzene rings is 1. The number of likely N-dealkylation sites (N-methyl/N-ethyl adjacent to an activating group) is 1. The molecule has 2 unspecified atom stereocenters. The summed E-state index contributed by atoms with van der Waals surface area (Å²) in [6.45, 7) is 3.55. The molecule has 116 valence electrons. The second-order valence-electron chi connectivity index (χ2n) is 6.85. The predicted molar refractivity (Wildman–Crippen MR) is 89.5 cm³/mol. The maximum Gasteiger partial charge on any atom is 0.0239 e. The fourth-order valence-electron chi connectivity index (χ4n) is 4.36. The molecule has 1 saturated heterocycles. The lowest BCUT2D eigenvalue weighted by Crippen LogP contribution is -2.46. The first kappa shape index (κ1) is 15.1. The van der Waals surface area contributed by atoms with Gasteiger partial charge in [0, 0.05) is 12.6 Å². The van der Waals surface area contributed by atoms with Crippen LogP contribution in [0.1, 0.15) is 49.7 Å². The molecule has 2 atom stereocenters. The molecule has 1 aromatic rings. The van der Waals surface area contributed by atoms with Gasteiger partial charge >= 0.3 is 0 Å². The topological polar surface area (TPSA) is 15.3 Å². The molecule has 2 fully saturated rings. The average molecular weight is 286 g/mol. The minimum Gasteiger partial charge on any atom is -0.319 e. The molecule has 1 N–H and O–H groups in total. The van der Waals surface area contributed by atoms with Gasteiger partial charge in [-0.15, -0.1) is 0 Å². The van der Waals surface area contributed by atoms with E-state index in [0.717, 1.165) is 24.9 Å². The number of fused-ring (bicyclic) bond motifs is 1. The number of piperidine rings is 1. The van der Waals surface area contributed by atoms with Crippen LogP contribution < -0.4 is 5.32 Å². The van der Waals surface area contributed by atoms with Gasteiger partial charge in [-0.05, 0) is 69.3 Å². The zero-order valence-corrected chi connectivity index (χ0v) is 13.5. The number of hydrogen-bond donors (Lipinski definition) is 1. The molecule has 1 aliphatic carbocycles. The molecule has 1 saturated carbocycles. The molecule has 0 bridgehead atoms. The lowest BCUT2D eigenvalue weighted by molar-refractivity contribution is 0.0545. The van der Waals surface area contributed by atoms with Gasteiger partial charge in [0.05, 0.1) is 0 Å². The first-order valence-corrected chi connectivity index (χ1v) is 8.84. The van der Waals surface area contributed by atoms with Gasteiger partial charge in [-0.1, -0.05) is 37.1 Å². The van der Waals surface area contributed by atoms with Crippen molar-refractivity contribution >= 4 is 0 Å². The molecule has 2 heteroatoms. The Kier molecular flexibility index (Phi) is 5.32. The van der Waals surface area contributed by atoms with E-state index >= 15 is 0 Å². The van der Waals surface area contributed by atoms with Crippen molar-refractivity contribution in [3.05, 3.63) is 35.4 Å². The second kappa shape index (κ2) is 7.42. The molecule has 1 aliphatic heterocycles. The molecule has 1 heterocycles. The average Bonchev–Trinajstić information content (AvgIpc) is 2.54. The highest BCUT2D eigenvalue weighted by Gasteiger charge is 2.33. The summed E-state index contributed by atoms with van der Waals surface area (Å²) < 4.78 is 0. The summed E-state index contributed by atoms with van der Waals surface area (Å²) in [4.78, 5) is 2.80. The number of likely N-dealkylation sites (tertiary alicyclic amines) is 1. The summed E-state index contributed by atoms with van der Waals surface area (Å²) in [7, 11) is 2.04. The zero-order valence-electron chi connectivity index (χ0n) is 13.5. The molecule has 0 aromatic heterocycles. The van der Waals surface area contributed by atoms with Crippen LogP contribution >= 0.6 is 0 Å². The van der Waals surface area contributed by atoms with Gasteiger partial charge in [0.25, 0.3) is 0 Å². The molecule has 0 radical (unpaired) electrons. The third-order valence-corrected chi connectivity index (χ3v) is 5.49. The first-order valence-electron chi connectivity index (χ1n) is 8.84. The summed E-state index contributed by atoms with van der Waals surface area (Å²) in [5, 5.41) is 3.28. The molecule has 0 spiro atoms. The number of rotatable bonds is 5. The van der Waals surface area contributed by atoms with Crippen LogP contribution in [0.3, 0.4) is 0 Å². The van der Waals surface area contributed by atoms with Crippen LogP contribution in [-0.2, 0) is 13.0 Å². The van der Waals surface area contributed by atoms with E-state index in [4.69, 9.17) is 0 Å². The van der Waals surface area contributed by atoms with Crippen molar-refractivity contribution < 1.29 is 0 Å². The van der Waals surface area contributed by atoms with Crippen molar-refractivity contribution in [1.29, 1.82) is 0 Å². The standard InChI is InChI=1S/C19H30N2/c1-20-13-12-16-7-2-3-9-18(16)15-21-14-6-10-17-8-4-5-11-19(17)21/h2-3,7,9,17,19-20H,4-6,8,10-15H2,1H3. The number of nitrogens with zero attached hydrogens (tertiary/aromatic N) is 1. The summed E-state index contributed by atoms with van der Waals surface area (Å²) in [5.41, 5.74) is 3.09. The van der Waals surface area contributed by atoms with Gasteiger partial charge in [0.1, 0.15) is 0 Å². The first-order chi connectivity index (χ1) is 10.4. The molecular weight excluding hydrogens is 256 g/mol. The molecule has 3 rings (SSSR count). The molecule has 2 aliphatic rings. The largest absolute Gasteiger partial charge is 0.319 e. The molecule has 1 aromatic carbocycles. The van der Waals surface area contributed by atoms with E-state index in [9.17, 15) is 0 Å². The monoisotopic (exact) mass is 286 g/mol. The van der Waals surface area contributed by atoms with Gasteiger partial charge in [-0.3, -0.25) is 4.90 Å². The fraction of sp³-hybridized carbons (Fsp3) is 0.684. The van der Waals surface area contributed by atoms with Crippen molar-refractivity contribution in [2.75, 3.05) is 20.1 Å². The Morgan fingerprint density at radius 1 is 1.05 bits per heavy atom. The van der Waals surface area contributed by atoms with Crippen LogP contribution in [0.15, 0.2) is 24.3 Å². The molecule has 0 amide bonds. The van der Waals surface area contributed by atoms with Crippen molar-refractivity contribution in [2.24, 2.45) is 5.92 Å². The molecule has 21 heavy (non-hydrogen) atoms. The Morgan fingerprint density at radius 2 is 1.81 bits per heavy atom. The summed E-state index contributed by atoms with van der Waals surface area (Å²) in [6.07, 6.45) is 9.84. The van der Waals surface area contributed by atoms with E-state index < -0.39 is 0 Å². The molecule has 2 nitrogen and oxygen atoms in total. The maximum absolute atomic E-state index is 3.28. The van der Waals surface area contributed by atoms with Gasteiger partial charge in [-0.25, -0.2) is 0 Å². The van der Waals surface area contributed by atoms with Crippen LogP contribution in [0, 0.1) is 5.92 Å². The van der Waals surface area contributed by atoms with Gasteiger partial charge in [0.15, 0.2) is 0 Å².